The van der Waals surface area contributed by atoms with E-state index in [1.54, 1.807) is 13.2 Å². The SMILES string of the molecule is COc1cc2cc(C)ccc2cc1O. The topological polar surface area (TPSA) is 29.5 Å². The van der Waals surface area contributed by atoms with Crippen LogP contribution in [0, 0.1) is 6.92 Å². The molecule has 14 heavy (non-hydrogen) atoms. The molecule has 2 rings (SSSR count). The monoisotopic (exact) mass is 188 g/mol. The van der Waals surface area contributed by atoms with E-state index in [9.17, 15) is 5.11 Å². The summed E-state index contributed by atoms with van der Waals surface area (Å²) < 4.78 is 5.04. The highest BCUT2D eigenvalue weighted by Gasteiger charge is 2.03. The van der Waals surface area contributed by atoms with Gasteiger partial charge in [0.2, 0.25) is 0 Å². The number of hydrogen-bond acceptors (Lipinski definition) is 2. The summed E-state index contributed by atoms with van der Waals surface area (Å²) >= 11 is 0. The number of aryl methyl sites for hydroxylation is 1. The first kappa shape index (κ1) is 8.88. The number of aromatic hydroxyl groups is 1. The van der Waals surface area contributed by atoms with E-state index in [1.807, 2.05) is 25.1 Å². The maximum Gasteiger partial charge on any atom is 0.161 e. The number of ether oxygens (including phenoxy) is 1. The van der Waals surface area contributed by atoms with Crippen LogP contribution in [0.25, 0.3) is 10.8 Å². The summed E-state index contributed by atoms with van der Waals surface area (Å²) in [6.07, 6.45) is 0. The fourth-order valence-electron chi connectivity index (χ4n) is 1.55. The van der Waals surface area contributed by atoms with Crippen molar-refractivity contribution in [2.75, 3.05) is 7.11 Å². The summed E-state index contributed by atoms with van der Waals surface area (Å²) in [4.78, 5) is 0. The lowest BCUT2D eigenvalue weighted by molar-refractivity contribution is 0.374. The van der Waals surface area contributed by atoms with Gasteiger partial charge < -0.3 is 9.84 Å². The summed E-state index contributed by atoms with van der Waals surface area (Å²) in [5.74, 6) is 0.701. The van der Waals surface area contributed by atoms with E-state index in [1.165, 1.54) is 5.56 Å². The first-order valence-corrected chi connectivity index (χ1v) is 4.48. The lowest BCUT2D eigenvalue weighted by atomic mass is 10.1. The molecule has 0 radical (unpaired) electrons. The summed E-state index contributed by atoms with van der Waals surface area (Å²) in [7, 11) is 1.55. The summed E-state index contributed by atoms with van der Waals surface area (Å²) in [6, 6.07) is 9.64. The molecule has 0 aliphatic heterocycles. The van der Waals surface area contributed by atoms with Crippen molar-refractivity contribution in [2.24, 2.45) is 0 Å². The molecule has 0 amide bonds. The number of benzene rings is 2. The second-order valence-corrected chi connectivity index (χ2v) is 3.37. The molecule has 0 bridgehead atoms. The molecule has 2 nitrogen and oxygen atoms in total. The zero-order valence-electron chi connectivity index (χ0n) is 8.24. The maximum atomic E-state index is 9.55. The van der Waals surface area contributed by atoms with Gasteiger partial charge in [0.25, 0.3) is 0 Å². The first-order valence-electron chi connectivity index (χ1n) is 4.48. The number of phenolic OH excluding ortho intramolecular Hbond substituents is 1. The Balaban J connectivity index is 2.73. The Bertz CT molecular complexity index is 475. The number of methoxy groups -OCH3 is 1. The Morgan fingerprint density at radius 1 is 1.07 bits per heavy atom. The van der Waals surface area contributed by atoms with Crippen LogP contribution in [0.1, 0.15) is 5.56 Å². The molecular formula is C12H12O2. The van der Waals surface area contributed by atoms with Gasteiger partial charge in [-0.25, -0.2) is 0 Å². The number of fused-ring (bicyclic) bond motifs is 1. The van der Waals surface area contributed by atoms with Gasteiger partial charge in [-0.05, 0) is 29.8 Å². The first-order chi connectivity index (χ1) is 6.70. The van der Waals surface area contributed by atoms with Crippen molar-refractivity contribution in [3.05, 3.63) is 35.9 Å². The van der Waals surface area contributed by atoms with Gasteiger partial charge in [-0.2, -0.15) is 0 Å². The minimum atomic E-state index is 0.184. The van der Waals surface area contributed by atoms with E-state index in [0.29, 0.717) is 5.75 Å². The standard InChI is InChI=1S/C12H12O2/c1-8-3-4-9-6-11(13)12(14-2)7-10(9)5-8/h3-7,13H,1-2H3. The lowest BCUT2D eigenvalue weighted by Crippen LogP contribution is -1.84. The Labute approximate surface area is 82.8 Å². The molecule has 2 aromatic rings. The molecule has 1 N–H and O–H groups in total. The van der Waals surface area contributed by atoms with Crippen molar-refractivity contribution in [2.45, 2.75) is 6.92 Å². The summed E-state index contributed by atoms with van der Waals surface area (Å²) in [5, 5.41) is 11.7. The van der Waals surface area contributed by atoms with Crippen LogP contribution >= 0.6 is 0 Å². The Kier molecular flexibility index (Phi) is 2.04. The molecule has 0 atom stereocenters. The van der Waals surface area contributed by atoms with E-state index in [-0.39, 0.29) is 5.75 Å². The Morgan fingerprint density at radius 2 is 1.86 bits per heavy atom. The molecule has 0 spiro atoms. The fraction of sp³-hybridized carbons (Fsp3) is 0.167. The van der Waals surface area contributed by atoms with E-state index >= 15 is 0 Å². The number of rotatable bonds is 1. The van der Waals surface area contributed by atoms with Gasteiger partial charge in [-0.1, -0.05) is 23.8 Å². The zero-order valence-corrected chi connectivity index (χ0v) is 8.24. The molecular weight excluding hydrogens is 176 g/mol. The van der Waals surface area contributed by atoms with Crippen molar-refractivity contribution in [3.63, 3.8) is 0 Å². The van der Waals surface area contributed by atoms with Crippen LogP contribution < -0.4 is 4.74 Å². The van der Waals surface area contributed by atoms with E-state index in [2.05, 4.69) is 6.07 Å². The second-order valence-electron chi connectivity index (χ2n) is 3.37. The van der Waals surface area contributed by atoms with Crippen LogP contribution in [-0.2, 0) is 0 Å². The molecule has 0 saturated heterocycles. The van der Waals surface area contributed by atoms with Crippen LogP contribution in [0.5, 0.6) is 11.5 Å². The van der Waals surface area contributed by atoms with Gasteiger partial charge in [-0.15, -0.1) is 0 Å². The molecule has 72 valence electrons. The number of phenols is 1. The molecule has 0 heterocycles. The number of hydrogen-bond donors (Lipinski definition) is 1. The van der Waals surface area contributed by atoms with Crippen LogP contribution in [0.15, 0.2) is 30.3 Å². The third-order valence-electron chi connectivity index (χ3n) is 2.29. The Hall–Kier alpha value is -1.70. The summed E-state index contributed by atoms with van der Waals surface area (Å²) in [5.41, 5.74) is 1.20. The molecule has 0 saturated carbocycles. The smallest absolute Gasteiger partial charge is 0.161 e. The normalized spacial score (nSPS) is 10.4. The van der Waals surface area contributed by atoms with Gasteiger partial charge in [-0.3, -0.25) is 0 Å². The molecule has 0 aromatic heterocycles. The maximum absolute atomic E-state index is 9.55. The predicted octanol–water partition coefficient (Wildman–Crippen LogP) is 2.86. The van der Waals surface area contributed by atoms with Gasteiger partial charge in [0.15, 0.2) is 11.5 Å². The van der Waals surface area contributed by atoms with Crippen LogP contribution in [0.2, 0.25) is 0 Å². The van der Waals surface area contributed by atoms with Gasteiger partial charge in [0.1, 0.15) is 0 Å². The minimum absolute atomic E-state index is 0.184. The van der Waals surface area contributed by atoms with Crippen LogP contribution in [0.3, 0.4) is 0 Å². The van der Waals surface area contributed by atoms with Gasteiger partial charge in [0, 0.05) is 0 Å². The molecule has 0 aliphatic rings. The largest absolute Gasteiger partial charge is 0.504 e. The predicted molar refractivity (Wildman–Crippen MR) is 56.9 cm³/mol. The molecule has 2 heteroatoms. The fourth-order valence-corrected chi connectivity index (χ4v) is 1.55. The highest BCUT2D eigenvalue weighted by Crippen LogP contribution is 2.31. The van der Waals surface area contributed by atoms with E-state index in [4.69, 9.17) is 4.74 Å². The summed E-state index contributed by atoms with van der Waals surface area (Å²) in [6.45, 7) is 2.04. The zero-order chi connectivity index (χ0) is 10.1. The van der Waals surface area contributed by atoms with E-state index < -0.39 is 0 Å². The van der Waals surface area contributed by atoms with Crippen molar-refractivity contribution >= 4 is 10.8 Å². The third-order valence-corrected chi connectivity index (χ3v) is 2.29. The Morgan fingerprint density at radius 3 is 2.57 bits per heavy atom. The molecule has 0 aliphatic carbocycles. The van der Waals surface area contributed by atoms with Gasteiger partial charge >= 0.3 is 0 Å². The average molecular weight is 188 g/mol. The van der Waals surface area contributed by atoms with Crippen molar-refractivity contribution in [1.82, 2.24) is 0 Å². The lowest BCUT2D eigenvalue weighted by Gasteiger charge is -2.05. The average Bonchev–Trinajstić information content (AvgIpc) is 2.17. The van der Waals surface area contributed by atoms with E-state index in [0.717, 1.165) is 10.8 Å². The van der Waals surface area contributed by atoms with Crippen LogP contribution in [0.4, 0.5) is 0 Å². The highest BCUT2D eigenvalue weighted by molar-refractivity contribution is 5.86. The molecule has 2 aromatic carbocycles. The second kappa shape index (κ2) is 3.22. The molecule has 0 unspecified atom stereocenters. The van der Waals surface area contributed by atoms with Crippen LogP contribution in [-0.4, -0.2) is 12.2 Å². The van der Waals surface area contributed by atoms with Gasteiger partial charge in [0.05, 0.1) is 7.11 Å². The highest BCUT2D eigenvalue weighted by atomic mass is 16.5. The van der Waals surface area contributed by atoms with Crippen molar-refractivity contribution < 1.29 is 9.84 Å². The van der Waals surface area contributed by atoms with Crippen molar-refractivity contribution in [1.29, 1.82) is 0 Å². The molecule has 0 fully saturated rings. The van der Waals surface area contributed by atoms with Crippen molar-refractivity contribution in [3.8, 4) is 11.5 Å². The quantitative estimate of drug-likeness (QED) is 0.745. The third kappa shape index (κ3) is 1.39. The minimum Gasteiger partial charge on any atom is -0.504 e.